The fourth-order valence-corrected chi connectivity index (χ4v) is 1.69. The lowest BCUT2D eigenvalue weighted by Crippen LogP contribution is -2.02. The molecule has 1 aromatic carbocycles. The number of rotatable bonds is 4. The average molecular weight is 290 g/mol. The van der Waals surface area contributed by atoms with Crippen LogP contribution >= 0.6 is 22.6 Å². The van der Waals surface area contributed by atoms with Gasteiger partial charge in [0.1, 0.15) is 10.2 Å². The van der Waals surface area contributed by atoms with Crippen LogP contribution in [0.4, 0.5) is 0 Å². The molecule has 0 aromatic heterocycles. The van der Waals surface area contributed by atoms with Gasteiger partial charge in [-0.15, -0.1) is 0 Å². The molecule has 0 spiro atoms. The van der Waals surface area contributed by atoms with Gasteiger partial charge in [-0.25, -0.2) is 0 Å². The highest BCUT2D eigenvalue weighted by atomic mass is 127. The Morgan fingerprint density at radius 2 is 2.00 bits per heavy atom. The Labute approximate surface area is 91.4 Å². The predicted molar refractivity (Wildman–Crippen MR) is 58.8 cm³/mol. The molecule has 0 aliphatic carbocycles. The molecule has 1 aliphatic heterocycles. The smallest absolute Gasteiger partial charge is 0.137 e. The van der Waals surface area contributed by atoms with E-state index >= 15 is 0 Å². The van der Waals surface area contributed by atoms with E-state index in [-0.39, 0.29) is 0 Å². The van der Waals surface area contributed by atoms with Crippen LogP contribution in [0.2, 0.25) is 0 Å². The lowest BCUT2D eigenvalue weighted by Gasteiger charge is -2.01. The zero-order valence-corrected chi connectivity index (χ0v) is 9.31. The summed E-state index contributed by atoms with van der Waals surface area (Å²) >= 11 is 2.27. The fraction of sp³-hybridized carbons (Fsp3) is 0.400. The van der Waals surface area contributed by atoms with Crippen molar-refractivity contribution in [1.82, 2.24) is 0 Å². The van der Waals surface area contributed by atoms with Crippen LogP contribution < -0.4 is 0 Å². The zero-order chi connectivity index (χ0) is 9.10. The van der Waals surface area contributed by atoms with Crippen molar-refractivity contribution in [2.45, 2.75) is 16.8 Å². The van der Waals surface area contributed by atoms with Gasteiger partial charge >= 0.3 is 0 Å². The highest BCUT2D eigenvalue weighted by molar-refractivity contribution is 14.1. The van der Waals surface area contributed by atoms with Gasteiger partial charge in [0.05, 0.1) is 13.2 Å². The van der Waals surface area contributed by atoms with E-state index in [1.54, 1.807) is 0 Å². The summed E-state index contributed by atoms with van der Waals surface area (Å²) in [4.78, 5) is 0. The molecule has 0 N–H and O–H groups in total. The minimum absolute atomic E-state index is 0.323. The van der Waals surface area contributed by atoms with Crippen LogP contribution in [0.25, 0.3) is 0 Å². The Bertz CT molecular complexity index is 263. The van der Waals surface area contributed by atoms with Crippen molar-refractivity contribution >= 4 is 22.6 Å². The van der Waals surface area contributed by atoms with E-state index in [2.05, 4.69) is 34.7 Å². The highest BCUT2D eigenvalue weighted by Gasteiger charge is 2.35. The lowest BCUT2D eigenvalue weighted by molar-refractivity contribution is 0.104. The molecule has 1 saturated heterocycles. The maximum Gasteiger partial charge on any atom is 0.137 e. The molecule has 1 aliphatic rings. The number of hydrogen-bond donors (Lipinski definition) is 0. The van der Waals surface area contributed by atoms with Crippen molar-refractivity contribution in [3.63, 3.8) is 0 Å². The van der Waals surface area contributed by atoms with E-state index in [0.717, 1.165) is 0 Å². The molecule has 2 nitrogen and oxygen atoms in total. The molecule has 2 rings (SSSR count). The number of ether oxygens (including phenoxy) is 2. The summed E-state index contributed by atoms with van der Waals surface area (Å²) < 4.78 is 11.1. The molecule has 0 radical (unpaired) electrons. The number of hydrogen-bond acceptors (Lipinski definition) is 2. The van der Waals surface area contributed by atoms with Crippen LogP contribution in [0.3, 0.4) is 0 Å². The molecule has 1 fully saturated rings. The van der Waals surface area contributed by atoms with Crippen molar-refractivity contribution in [3.8, 4) is 0 Å². The van der Waals surface area contributed by atoms with E-state index in [4.69, 9.17) is 9.47 Å². The Morgan fingerprint density at radius 1 is 1.31 bits per heavy atom. The number of benzene rings is 1. The molecule has 0 bridgehead atoms. The molecule has 2 atom stereocenters. The summed E-state index contributed by atoms with van der Waals surface area (Å²) in [7, 11) is 0. The van der Waals surface area contributed by atoms with E-state index in [1.165, 1.54) is 5.56 Å². The second kappa shape index (κ2) is 4.39. The fourth-order valence-electron chi connectivity index (χ4n) is 1.10. The Hall–Kier alpha value is -0.130. The van der Waals surface area contributed by atoms with Crippen molar-refractivity contribution in [2.24, 2.45) is 0 Å². The number of halogens is 1. The van der Waals surface area contributed by atoms with Crippen LogP contribution in [-0.2, 0) is 16.1 Å². The van der Waals surface area contributed by atoms with Crippen LogP contribution in [0.1, 0.15) is 5.56 Å². The van der Waals surface area contributed by atoms with Crippen LogP contribution in [-0.4, -0.2) is 16.8 Å². The third-order valence-corrected chi connectivity index (χ3v) is 3.01. The van der Waals surface area contributed by atoms with Gasteiger partial charge in [-0.3, -0.25) is 0 Å². The average Bonchev–Trinajstić information content (AvgIpc) is 2.84. The van der Waals surface area contributed by atoms with Crippen LogP contribution in [0.5, 0.6) is 0 Å². The summed E-state index contributed by atoms with van der Waals surface area (Å²) in [6, 6.07) is 10.2. The first-order valence-electron chi connectivity index (χ1n) is 4.27. The third-order valence-electron chi connectivity index (χ3n) is 1.91. The lowest BCUT2D eigenvalue weighted by atomic mass is 10.2. The van der Waals surface area contributed by atoms with Gasteiger partial charge in [0, 0.05) is 0 Å². The van der Waals surface area contributed by atoms with Crippen molar-refractivity contribution in [3.05, 3.63) is 35.9 Å². The Morgan fingerprint density at radius 3 is 2.62 bits per heavy atom. The zero-order valence-electron chi connectivity index (χ0n) is 7.15. The molecule has 0 unspecified atom stereocenters. The largest absolute Gasteiger partial charge is 0.374 e. The van der Waals surface area contributed by atoms with Gasteiger partial charge in [-0.2, -0.15) is 0 Å². The quantitative estimate of drug-likeness (QED) is 0.482. The predicted octanol–water partition coefficient (Wildman–Crippen LogP) is 2.36. The van der Waals surface area contributed by atoms with E-state index in [0.29, 0.717) is 23.4 Å². The highest BCUT2D eigenvalue weighted by Crippen LogP contribution is 2.28. The van der Waals surface area contributed by atoms with Crippen molar-refractivity contribution < 1.29 is 9.47 Å². The van der Waals surface area contributed by atoms with Crippen molar-refractivity contribution in [2.75, 3.05) is 6.61 Å². The molecule has 1 heterocycles. The minimum atomic E-state index is 0.323. The van der Waals surface area contributed by atoms with E-state index in [1.807, 2.05) is 18.2 Å². The van der Waals surface area contributed by atoms with Gasteiger partial charge in [0.25, 0.3) is 0 Å². The van der Waals surface area contributed by atoms with E-state index in [9.17, 15) is 0 Å². The maximum absolute atomic E-state index is 5.48. The molecule has 1 aromatic rings. The first-order chi connectivity index (χ1) is 6.36. The second-order valence-corrected chi connectivity index (χ2v) is 4.25. The van der Waals surface area contributed by atoms with Gasteiger partial charge in [-0.1, -0.05) is 30.3 Å². The molecule has 0 saturated carbocycles. The minimum Gasteiger partial charge on any atom is -0.374 e. The summed E-state index contributed by atoms with van der Waals surface area (Å²) in [6.07, 6.45) is 0.323. The van der Waals surface area contributed by atoms with Crippen LogP contribution in [0.15, 0.2) is 30.3 Å². The third kappa shape index (κ3) is 2.93. The van der Waals surface area contributed by atoms with E-state index < -0.39 is 0 Å². The number of alkyl halides is 1. The van der Waals surface area contributed by atoms with Gasteiger partial charge in [-0.05, 0) is 28.2 Å². The maximum atomic E-state index is 5.48. The molecule has 70 valence electrons. The first kappa shape index (κ1) is 9.43. The summed E-state index contributed by atoms with van der Waals surface area (Å²) in [5, 5.41) is 0. The normalized spacial score (nSPS) is 25.9. The summed E-state index contributed by atoms with van der Waals surface area (Å²) in [5.74, 6) is 0. The molecule has 13 heavy (non-hydrogen) atoms. The Balaban J connectivity index is 1.68. The first-order valence-corrected chi connectivity index (χ1v) is 5.52. The van der Waals surface area contributed by atoms with Crippen molar-refractivity contribution in [1.29, 1.82) is 0 Å². The molecule has 3 heteroatoms. The molecule has 0 amide bonds. The monoisotopic (exact) mass is 290 g/mol. The summed E-state index contributed by atoms with van der Waals surface area (Å²) in [5.41, 5.74) is 1.22. The topological polar surface area (TPSA) is 21.8 Å². The van der Waals surface area contributed by atoms with Crippen LogP contribution in [0, 0.1) is 0 Å². The summed E-state index contributed by atoms with van der Waals surface area (Å²) in [6.45, 7) is 1.40. The van der Waals surface area contributed by atoms with Gasteiger partial charge in [0.2, 0.25) is 0 Å². The van der Waals surface area contributed by atoms with Gasteiger partial charge < -0.3 is 9.47 Å². The molecular formula is C10H11IO2. The standard InChI is InChI=1S/C10H11IO2/c11-10-9(13-10)7-12-6-8-4-2-1-3-5-8/h1-5,9-10H,6-7H2/t9-,10-/m0/s1. The second-order valence-electron chi connectivity index (χ2n) is 3.03. The van der Waals surface area contributed by atoms with Gasteiger partial charge in [0.15, 0.2) is 0 Å². The Kier molecular flexibility index (Phi) is 3.18. The number of epoxide rings is 1. The SMILES string of the molecule is I[C@H]1O[C@H]1COCc1ccccc1. The molecular weight excluding hydrogens is 279 g/mol.